The van der Waals surface area contributed by atoms with Crippen molar-refractivity contribution in [3.05, 3.63) is 24.0 Å². The van der Waals surface area contributed by atoms with Crippen molar-refractivity contribution >= 4 is 12.1 Å². The fourth-order valence-corrected chi connectivity index (χ4v) is 1.45. The van der Waals surface area contributed by atoms with Crippen molar-refractivity contribution in [1.82, 2.24) is 0 Å². The Morgan fingerprint density at radius 1 is 1.46 bits per heavy atom. The van der Waals surface area contributed by atoms with Crippen LogP contribution >= 0.6 is 0 Å². The van der Waals surface area contributed by atoms with Gasteiger partial charge in [-0.25, -0.2) is 4.99 Å². The monoisotopic (exact) mass is 176 g/mol. The molecule has 0 spiro atoms. The Morgan fingerprint density at radius 2 is 2.38 bits per heavy atom. The summed E-state index contributed by atoms with van der Waals surface area (Å²) in [6, 6.07) is 0. The van der Waals surface area contributed by atoms with Crippen LogP contribution in [0.1, 0.15) is 12.8 Å². The lowest BCUT2D eigenvalue weighted by Gasteiger charge is -2.15. The van der Waals surface area contributed by atoms with Crippen LogP contribution in [0, 0.1) is 5.92 Å². The van der Waals surface area contributed by atoms with E-state index in [1.807, 2.05) is 12.3 Å². The Bertz CT molecular complexity index is 313. The maximum atomic E-state index is 9.12. The summed E-state index contributed by atoms with van der Waals surface area (Å²) in [5, 5.41) is 9.12. The van der Waals surface area contributed by atoms with Gasteiger partial charge in [0.2, 0.25) is 0 Å². The molecule has 0 saturated heterocycles. The van der Waals surface area contributed by atoms with E-state index in [-0.39, 0.29) is 5.92 Å². The van der Waals surface area contributed by atoms with E-state index in [2.05, 4.69) is 9.98 Å². The second-order valence-electron chi connectivity index (χ2n) is 3.17. The van der Waals surface area contributed by atoms with E-state index in [1.165, 1.54) is 0 Å². The summed E-state index contributed by atoms with van der Waals surface area (Å²) in [5.41, 5.74) is 0. The zero-order chi connectivity index (χ0) is 9.10. The third kappa shape index (κ3) is 1.86. The highest BCUT2D eigenvalue weighted by atomic mass is 16.3. The molecule has 0 aromatic carbocycles. The summed E-state index contributed by atoms with van der Waals surface area (Å²) in [4.78, 5) is 8.58. The Kier molecular flexibility index (Phi) is 2.25. The van der Waals surface area contributed by atoms with E-state index < -0.39 is 0 Å². The first-order valence-corrected chi connectivity index (χ1v) is 4.50. The molecule has 3 heteroatoms. The van der Waals surface area contributed by atoms with Crippen molar-refractivity contribution in [3.63, 3.8) is 0 Å². The topological polar surface area (TPSA) is 45.0 Å². The Labute approximate surface area is 77.2 Å². The van der Waals surface area contributed by atoms with E-state index in [1.54, 1.807) is 12.2 Å². The van der Waals surface area contributed by atoms with Crippen molar-refractivity contribution < 1.29 is 5.11 Å². The minimum atomic E-state index is 0.257. The van der Waals surface area contributed by atoms with Crippen LogP contribution in [0.2, 0.25) is 0 Å². The molecule has 13 heavy (non-hydrogen) atoms. The molecule has 0 saturated carbocycles. The van der Waals surface area contributed by atoms with E-state index in [0.29, 0.717) is 5.76 Å². The summed E-state index contributed by atoms with van der Waals surface area (Å²) in [5.74, 6) is 1.50. The van der Waals surface area contributed by atoms with Gasteiger partial charge in [-0.2, -0.15) is 0 Å². The van der Waals surface area contributed by atoms with Gasteiger partial charge in [-0.05, 0) is 18.6 Å². The predicted octanol–water partition coefficient (Wildman–Crippen LogP) is 1.88. The van der Waals surface area contributed by atoms with Gasteiger partial charge in [0, 0.05) is 25.1 Å². The fraction of sp³-hybridized carbons (Fsp3) is 0.400. The second kappa shape index (κ2) is 3.56. The van der Waals surface area contributed by atoms with E-state index in [0.717, 1.165) is 25.2 Å². The molecule has 1 heterocycles. The molecule has 0 bridgehead atoms. The van der Waals surface area contributed by atoms with Gasteiger partial charge in [0.15, 0.2) is 0 Å². The molecule has 0 aromatic heterocycles. The number of nitrogens with zero attached hydrogens (tertiary/aromatic N) is 2. The smallest absolute Gasteiger partial charge is 0.130 e. The third-order valence-corrected chi connectivity index (χ3v) is 2.17. The molecule has 1 atom stereocenters. The van der Waals surface area contributed by atoms with Crippen LogP contribution < -0.4 is 0 Å². The largest absolute Gasteiger partial charge is 0.508 e. The van der Waals surface area contributed by atoms with Gasteiger partial charge in [0.1, 0.15) is 11.6 Å². The molecule has 2 aliphatic rings. The number of rotatable bonds is 1. The van der Waals surface area contributed by atoms with Gasteiger partial charge in [-0.15, -0.1) is 0 Å². The molecule has 0 amide bonds. The number of aliphatic hydroxyl groups is 1. The zero-order valence-corrected chi connectivity index (χ0v) is 7.35. The Morgan fingerprint density at radius 3 is 3.00 bits per heavy atom. The van der Waals surface area contributed by atoms with Crippen molar-refractivity contribution in [2.45, 2.75) is 12.8 Å². The van der Waals surface area contributed by atoms with Crippen LogP contribution in [-0.4, -0.2) is 23.7 Å². The maximum Gasteiger partial charge on any atom is 0.130 e. The molecule has 1 unspecified atom stereocenters. The van der Waals surface area contributed by atoms with Crippen LogP contribution in [0.5, 0.6) is 0 Å². The second-order valence-corrected chi connectivity index (χ2v) is 3.17. The highest BCUT2D eigenvalue weighted by Gasteiger charge is 2.14. The first-order valence-electron chi connectivity index (χ1n) is 4.50. The van der Waals surface area contributed by atoms with E-state index >= 15 is 0 Å². The first-order chi connectivity index (χ1) is 6.36. The van der Waals surface area contributed by atoms with E-state index in [9.17, 15) is 0 Å². The number of aliphatic imine (C=N–C) groups is 2. The van der Waals surface area contributed by atoms with Crippen LogP contribution in [0.15, 0.2) is 34.0 Å². The molecule has 0 radical (unpaired) electrons. The highest BCUT2D eigenvalue weighted by Crippen LogP contribution is 2.18. The van der Waals surface area contributed by atoms with Gasteiger partial charge in [-0.1, -0.05) is 6.08 Å². The summed E-state index contributed by atoms with van der Waals surface area (Å²) in [7, 11) is 0. The average Bonchev–Trinajstić information content (AvgIpc) is 2.20. The minimum absolute atomic E-state index is 0.257. The van der Waals surface area contributed by atoms with Crippen LogP contribution in [0.4, 0.5) is 0 Å². The van der Waals surface area contributed by atoms with Gasteiger partial charge in [-0.3, -0.25) is 4.99 Å². The number of allylic oxidation sites excluding steroid dienone is 2. The zero-order valence-electron chi connectivity index (χ0n) is 7.35. The highest BCUT2D eigenvalue weighted by molar-refractivity contribution is 5.94. The SMILES string of the molecule is OC1=CCC(C2=NCCC=N2)C=C1. The molecule has 1 aliphatic carbocycles. The lowest BCUT2D eigenvalue weighted by Crippen LogP contribution is -2.15. The van der Waals surface area contributed by atoms with E-state index in [4.69, 9.17) is 5.11 Å². The molecular formula is C10H12N2O. The van der Waals surface area contributed by atoms with Crippen LogP contribution in [0.25, 0.3) is 0 Å². The summed E-state index contributed by atoms with van der Waals surface area (Å²) >= 11 is 0. The third-order valence-electron chi connectivity index (χ3n) is 2.17. The molecule has 0 aromatic rings. The number of hydrogen-bond acceptors (Lipinski definition) is 3. The molecule has 0 fully saturated rings. The lowest BCUT2D eigenvalue weighted by molar-refractivity contribution is 0.425. The quantitative estimate of drug-likeness (QED) is 0.651. The molecule has 68 valence electrons. The molecule has 2 rings (SSSR count). The van der Waals surface area contributed by atoms with Crippen molar-refractivity contribution in [2.24, 2.45) is 15.9 Å². The summed E-state index contributed by atoms with van der Waals surface area (Å²) < 4.78 is 0. The minimum Gasteiger partial charge on any atom is -0.508 e. The lowest BCUT2D eigenvalue weighted by atomic mass is 9.98. The standard InChI is InChI=1S/C10H12N2O/c13-9-4-2-8(3-5-9)10-11-6-1-7-12-10/h2,4-6,8,13H,1,3,7H2. The molecule has 1 aliphatic heterocycles. The normalized spacial score (nSPS) is 26.9. The van der Waals surface area contributed by atoms with Crippen LogP contribution in [0.3, 0.4) is 0 Å². The van der Waals surface area contributed by atoms with Gasteiger partial charge in [0.25, 0.3) is 0 Å². The Hall–Kier alpha value is -1.38. The first kappa shape index (κ1) is 8.23. The number of hydrogen-bond donors (Lipinski definition) is 1. The van der Waals surface area contributed by atoms with Crippen LogP contribution in [-0.2, 0) is 0 Å². The number of amidine groups is 1. The number of aliphatic hydroxyl groups excluding tert-OH is 1. The van der Waals surface area contributed by atoms with Crippen molar-refractivity contribution in [1.29, 1.82) is 0 Å². The summed E-state index contributed by atoms with van der Waals surface area (Å²) in [6.07, 6.45) is 9.13. The molecular weight excluding hydrogens is 164 g/mol. The Balaban J connectivity index is 2.08. The van der Waals surface area contributed by atoms with Crippen molar-refractivity contribution in [2.75, 3.05) is 6.54 Å². The van der Waals surface area contributed by atoms with Gasteiger partial charge in [0.05, 0.1) is 0 Å². The molecule has 3 nitrogen and oxygen atoms in total. The average molecular weight is 176 g/mol. The van der Waals surface area contributed by atoms with Gasteiger partial charge < -0.3 is 5.11 Å². The summed E-state index contributed by atoms with van der Waals surface area (Å²) in [6.45, 7) is 0.846. The fourth-order valence-electron chi connectivity index (χ4n) is 1.45. The predicted molar refractivity (Wildman–Crippen MR) is 53.4 cm³/mol. The van der Waals surface area contributed by atoms with Crippen molar-refractivity contribution in [3.8, 4) is 0 Å². The van der Waals surface area contributed by atoms with Gasteiger partial charge >= 0.3 is 0 Å². The maximum absolute atomic E-state index is 9.12. The molecule has 1 N–H and O–H groups in total.